The molecule has 0 aliphatic carbocycles. The van der Waals surface area contributed by atoms with E-state index in [1.165, 1.54) is 0 Å². The monoisotopic (exact) mass is 153 g/mol. The average molecular weight is 153 g/mol. The molecule has 0 amide bonds. The molecule has 12 heavy (non-hydrogen) atoms. The summed E-state index contributed by atoms with van der Waals surface area (Å²) in [6.07, 6.45) is 8.49. The summed E-state index contributed by atoms with van der Waals surface area (Å²) in [5.41, 5.74) is 1.67. The van der Waals surface area contributed by atoms with E-state index in [4.69, 9.17) is 11.7 Å². The van der Waals surface area contributed by atoms with Gasteiger partial charge in [-0.2, -0.15) is 5.26 Å². The van der Waals surface area contributed by atoms with Crippen LogP contribution in [0.4, 0.5) is 0 Å². The van der Waals surface area contributed by atoms with Gasteiger partial charge in [-0.1, -0.05) is 18.1 Å². The molecule has 0 atom stereocenters. The highest BCUT2D eigenvalue weighted by Gasteiger charge is 1.87. The second-order valence-corrected chi connectivity index (χ2v) is 2.23. The Labute approximate surface area is 72.0 Å². The smallest absolute Gasteiger partial charge is 0.0991 e. The van der Waals surface area contributed by atoms with Gasteiger partial charge in [-0.25, -0.2) is 0 Å². The Hall–Kier alpha value is -1.99. The standard InChI is InChI=1S/C11H7N/c1-2-3-4-10-5-7-11(9-12)8-6-10/h1,3-8H/b4-3+. The van der Waals surface area contributed by atoms with Gasteiger partial charge in [0.25, 0.3) is 0 Å². The summed E-state index contributed by atoms with van der Waals surface area (Å²) in [5.74, 6) is 2.40. The number of hydrogen-bond acceptors (Lipinski definition) is 1. The molecule has 0 fully saturated rings. The maximum atomic E-state index is 8.50. The summed E-state index contributed by atoms with van der Waals surface area (Å²) in [5, 5.41) is 8.50. The zero-order valence-electron chi connectivity index (χ0n) is 6.49. The first-order valence-corrected chi connectivity index (χ1v) is 3.49. The lowest BCUT2D eigenvalue weighted by atomic mass is 10.1. The van der Waals surface area contributed by atoms with E-state index in [-0.39, 0.29) is 0 Å². The van der Waals surface area contributed by atoms with Gasteiger partial charge in [0.05, 0.1) is 11.6 Å². The van der Waals surface area contributed by atoms with Crippen LogP contribution in [0.3, 0.4) is 0 Å². The molecule has 0 aliphatic heterocycles. The minimum atomic E-state index is 0.660. The highest BCUT2D eigenvalue weighted by Crippen LogP contribution is 2.04. The molecule has 0 radical (unpaired) electrons. The van der Waals surface area contributed by atoms with Gasteiger partial charge in [-0.15, -0.1) is 6.42 Å². The molecule has 0 aromatic heterocycles. The molecule has 1 aromatic carbocycles. The van der Waals surface area contributed by atoms with Crippen LogP contribution in [0, 0.1) is 23.7 Å². The third-order valence-corrected chi connectivity index (χ3v) is 1.41. The predicted octanol–water partition coefficient (Wildman–Crippen LogP) is 2.20. The quantitative estimate of drug-likeness (QED) is 0.567. The third-order valence-electron chi connectivity index (χ3n) is 1.41. The van der Waals surface area contributed by atoms with Gasteiger partial charge in [-0.05, 0) is 29.8 Å². The molecule has 0 heterocycles. The molecule has 1 rings (SSSR count). The second kappa shape index (κ2) is 4.01. The molecule has 0 saturated heterocycles. The number of nitrogens with zero attached hydrogens (tertiary/aromatic N) is 1. The largest absolute Gasteiger partial charge is 0.192 e. The predicted molar refractivity (Wildman–Crippen MR) is 49.0 cm³/mol. The summed E-state index contributed by atoms with van der Waals surface area (Å²) >= 11 is 0. The van der Waals surface area contributed by atoms with E-state index in [0.29, 0.717) is 5.56 Å². The van der Waals surface area contributed by atoms with Crippen molar-refractivity contribution in [1.82, 2.24) is 0 Å². The van der Waals surface area contributed by atoms with Crippen molar-refractivity contribution >= 4 is 6.08 Å². The first-order chi connectivity index (χ1) is 5.86. The number of benzene rings is 1. The van der Waals surface area contributed by atoms with Crippen LogP contribution in [-0.4, -0.2) is 0 Å². The molecule has 0 spiro atoms. The average Bonchev–Trinajstić information content (AvgIpc) is 2.15. The molecule has 0 saturated carbocycles. The van der Waals surface area contributed by atoms with Gasteiger partial charge in [0.1, 0.15) is 0 Å². The van der Waals surface area contributed by atoms with Crippen LogP contribution in [-0.2, 0) is 0 Å². The van der Waals surface area contributed by atoms with E-state index in [1.54, 1.807) is 18.2 Å². The van der Waals surface area contributed by atoms with Crippen molar-refractivity contribution in [3.63, 3.8) is 0 Å². The van der Waals surface area contributed by atoms with E-state index in [1.807, 2.05) is 24.3 Å². The van der Waals surface area contributed by atoms with Gasteiger partial charge in [0.2, 0.25) is 0 Å². The number of terminal acetylenes is 1. The number of allylic oxidation sites excluding steroid dienone is 1. The zero-order valence-corrected chi connectivity index (χ0v) is 6.49. The highest BCUT2D eigenvalue weighted by molar-refractivity contribution is 5.53. The van der Waals surface area contributed by atoms with Crippen molar-refractivity contribution < 1.29 is 0 Å². The molecule has 0 unspecified atom stereocenters. The van der Waals surface area contributed by atoms with Crippen LogP contribution in [0.5, 0.6) is 0 Å². The van der Waals surface area contributed by atoms with Crippen LogP contribution >= 0.6 is 0 Å². The maximum Gasteiger partial charge on any atom is 0.0991 e. The maximum absolute atomic E-state index is 8.50. The molecule has 1 nitrogen and oxygen atoms in total. The van der Waals surface area contributed by atoms with E-state index >= 15 is 0 Å². The molecule has 0 N–H and O–H groups in total. The fourth-order valence-electron chi connectivity index (χ4n) is 0.813. The Bertz CT molecular complexity index is 357. The SMILES string of the molecule is C#C/C=C/c1ccc(C#N)cc1. The summed E-state index contributed by atoms with van der Waals surface area (Å²) in [6.45, 7) is 0. The van der Waals surface area contributed by atoms with Gasteiger partial charge >= 0.3 is 0 Å². The van der Waals surface area contributed by atoms with Crippen molar-refractivity contribution in [2.75, 3.05) is 0 Å². The second-order valence-electron chi connectivity index (χ2n) is 2.23. The van der Waals surface area contributed by atoms with Gasteiger partial charge in [-0.3, -0.25) is 0 Å². The fourth-order valence-corrected chi connectivity index (χ4v) is 0.813. The highest BCUT2D eigenvalue weighted by atomic mass is 14.2. The Morgan fingerprint density at radius 1 is 1.25 bits per heavy atom. The topological polar surface area (TPSA) is 23.8 Å². The van der Waals surface area contributed by atoms with Gasteiger partial charge in [0, 0.05) is 0 Å². The summed E-state index contributed by atoms with van der Waals surface area (Å²) < 4.78 is 0. The van der Waals surface area contributed by atoms with E-state index < -0.39 is 0 Å². The zero-order chi connectivity index (χ0) is 8.81. The van der Waals surface area contributed by atoms with E-state index in [0.717, 1.165) is 5.56 Å². The van der Waals surface area contributed by atoms with Gasteiger partial charge < -0.3 is 0 Å². The third kappa shape index (κ3) is 2.01. The minimum Gasteiger partial charge on any atom is -0.192 e. The molecule has 0 aliphatic rings. The van der Waals surface area contributed by atoms with E-state index in [9.17, 15) is 0 Å². The Balaban J connectivity index is 2.88. The summed E-state index contributed by atoms with van der Waals surface area (Å²) in [6, 6.07) is 9.27. The molecule has 1 heteroatoms. The first kappa shape index (κ1) is 8.11. The van der Waals surface area contributed by atoms with Crippen molar-refractivity contribution in [2.24, 2.45) is 0 Å². The lowest BCUT2D eigenvalue weighted by molar-refractivity contribution is 1.48. The van der Waals surface area contributed by atoms with Crippen molar-refractivity contribution in [2.45, 2.75) is 0 Å². The van der Waals surface area contributed by atoms with Crippen molar-refractivity contribution in [3.05, 3.63) is 41.5 Å². The lowest BCUT2D eigenvalue weighted by Gasteiger charge is -1.90. The molecule has 0 bridgehead atoms. The Kier molecular flexibility index (Phi) is 2.71. The number of rotatable bonds is 1. The van der Waals surface area contributed by atoms with Crippen LogP contribution < -0.4 is 0 Å². The number of nitriles is 1. The van der Waals surface area contributed by atoms with Crippen molar-refractivity contribution in [3.8, 4) is 18.4 Å². The van der Waals surface area contributed by atoms with Crippen LogP contribution in [0.15, 0.2) is 30.3 Å². The fraction of sp³-hybridized carbons (Fsp3) is 0. The summed E-state index contributed by atoms with van der Waals surface area (Å²) in [4.78, 5) is 0. The summed E-state index contributed by atoms with van der Waals surface area (Å²) in [7, 11) is 0. The Morgan fingerprint density at radius 3 is 2.42 bits per heavy atom. The molecule has 1 aromatic rings. The van der Waals surface area contributed by atoms with Crippen LogP contribution in [0.1, 0.15) is 11.1 Å². The normalized spacial score (nSPS) is 9.17. The molecular weight excluding hydrogens is 146 g/mol. The first-order valence-electron chi connectivity index (χ1n) is 3.49. The van der Waals surface area contributed by atoms with Gasteiger partial charge in [0.15, 0.2) is 0 Å². The van der Waals surface area contributed by atoms with Crippen LogP contribution in [0.2, 0.25) is 0 Å². The van der Waals surface area contributed by atoms with Crippen molar-refractivity contribution in [1.29, 1.82) is 5.26 Å². The molecule has 56 valence electrons. The Morgan fingerprint density at radius 2 is 1.92 bits per heavy atom. The van der Waals surface area contributed by atoms with E-state index in [2.05, 4.69) is 5.92 Å². The molecular formula is C11H7N. The lowest BCUT2D eigenvalue weighted by Crippen LogP contribution is -1.74. The minimum absolute atomic E-state index is 0.660. The van der Waals surface area contributed by atoms with Crippen LogP contribution in [0.25, 0.3) is 6.08 Å². The number of hydrogen-bond donors (Lipinski definition) is 0.